The van der Waals surface area contributed by atoms with Gasteiger partial charge in [0.05, 0.1) is 17.3 Å². The zero-order chi connectivity index (χ0) is 14.5. The van der Waals surface area contributed by atoms with Crippen LogP contribution in [0, 0.1) is 0 Å². The fourth-order valence-electron chi connectivity index (χ4n) is 2.70. The highest BCUT2D eigenvalue weighted by atomic mass is 32.1. The maximum absolute atomic E-state index is 10.3. The van der Waals surface area contributed by atoms with Crippen LogP contribution in [0.4, 0.5) is 0 Å². The molecule has 0 amide bonds. The van der Waals surface area contributed by atoms with E-state index in [1.54, 1.807) is 11.3 Å². The lowest BCUT2D eigenvalue weighted by molar-refractivity contribution is 0.0697. The van der Waals surface area contributed by atoms with Gasteiger partial charge in [0.1, 0.15) is 0 Å². The summed E-state index contributed by atoms with van der Waals surface area (Å²) in [7, 11) is 0. The zero-order valence-corrected chi connectivity index (χ0v) is 12.9. The van der Waals surface area contributed by atoms with Gasteiger partial charge < -0.3 is 5.11 Å². The van der Waals surface area contributed by atoms with Crippen LogP contribution in [-0.4, -0.2) is 52.6 Å². The number of hydrogen-bond donors (Lipinski definition) is 1. The molecule has 0 bridgehead atoms. The van der Waals surface area contributed by atoms with E-state index in [9.17, 15) is 5.11 Å². The second-order valence-electron chi connectivity index (χ2n) is 5.48. The number of aromatic nitrogens is 1. The summed E-state index contributed by atoms with van der Waals surface area (Å²) < 4.78 is 0. The number of β-amino-alcohol motifs (C(OH)–C–C–N with tert-alkyl or cyclic N) is 1. The molecule has 5 heteroatoms. The predicted molar refractivity (Wildman–Crippen MR) is 85.2 cm³/mol. The summed E-state index contributed by atoms with van der Waals surface area (Å²) >= 11 is 1.65. The first-order valence-corrected chi connectivity index (χ1v) is 8.30. The Bertz CT molecular complexity index is 524. The van der Waals surface area contributed by atoms with Gasteiger partial charge in [0.2, 0.25) is 0 Å². The molecule has 1 saturated heterocycles. The van der Waals surface area contributed by atoms with Gasteiger partial charge >= 0.3 is 0 Å². The SMILES string of the molecule is O[C@@H](CN1CCN(Cc2cscn2)CC1)c1ccccc1. The topological polar surface area (TPSA) is 39.6 Å². The quantitative estimate of drug-likeness (QED) is 0.917. The van der Waals surface area contributed by atoms with E-state index in [1.807, 2.05) is 35.8 Å². The smallest absolute Gasteiger partial charge is 0.0916 e. The lowest BCUT2D eigenvalue weighted by Gasteiger charge is -2.35. The third-order valence-electron chi connectivity index (χ3n) is 3.95. The molecule has 0 unspecified atom stereocenters. The van der Waals surface area contributed by atoms with E-state index in [0.717, 1.165) is 44.0 Å². The van der Waals surface area contributed by atoms with Crippen LogP contribution in [0.1, 0.15) is 17.4 Å². The fraction of sp³-hybridized carbons (Fsp3) is 0.438. The highest BCUT2D eigenvalue weighted by Gasteiger charge is 2.20. The first kappa shape index (κ1) is 14.7. The number of hydrogen-bond acceptors (Lipinski definition) is 5. The van der Waals surface area contributed by atoms with Crippen molar-refractivity contribution in [3.63, 3.8) is 0 Å². The van der Waals surface area contributed by atoms with Crippen molar-refractivity contribution in [3.05, 3.63) is 52.5 Å². The maximum Gasteiger partial charge on any atom is 0.0916 e. The minimum Gasteiger partial charge on any atom is -0.387 e. The Morgan fingerprint density at radius 2 is 1.81 bits per heavy atom. The molecule has 1 aliphatic heterocycles. The summed E-state index contributed by atoms with van der Waals surface area (Å²) in [6.45, 7) is 5.76. The third-order valence-corrected chi connectivity index (χ3v) is 4.58. The first-order valence-electron chi connectivity index (χ1n) is 7.36. The molecular formula is C16H21N3OS. The maximum atomic E-state index is 10.3. The monoisotopic (exact) mass is 303 g/mol. The molecule has 0 aliphatic carbocycles. The van der Waals surface area contributed by atoms with Crippen molar-refractivity contribution in [1.29, 1.82) is 0 Å². The first-order chi connectivity index (χ1) is 10.3. The standard InChI is InChI=1S/C16H21N3OS/c20-16(14-4-2-1-3-5-14)11-19-8-6-18(7-9-19)10-15-12-21-13-17-15/h1-5,12-13,16,20H,6-11H2/t16-/m0/s1. The fourth-order valence-corrected chi connectivity index (χ4v) is 3.25. The van der Waals surface area contributed by atoms with Gasteiger partial charge in [-0.25, -0.2) is 4.98 Å². The third kappa shape index (κ3) is 4.11. The second-order valence-corrected chi connectivity index (χ2v) is 6.20. The normalized spacial score (nSPS) is 18.7. The van der Waals surface area contributed by atoms with Crippen LogP contribution < -0.4 is 0 Å². The molecule has 1 aliphatic rings. The minimum atomic E-state index is -0.392. The van der Waals surface area contributed by atoms with Gasteiger partial charge in [0.25, 0.3) is 0 Å². The van der Waals surface area contributed by atoms with Crippen LogP contribution in [0.15, 0.2) is 41.2 Å². The zero-order valence-electron chi connectivity index (χ0n) is 12.1. The molecule has 3 rings (SSSR count). The largest absolute Gasteiger partial charge is 0.387 e. The van der Waals surface area contributed by atoms with Gasteiger partial charge in [0.15, 0.2) is 0 Å². The molecule has 2 heterocycles. The summed E-state index contributed by atoms with van der Waals surface area (Å²) in [6.07, 6.45) is -0.392. The van der Waals surface area contributed by atoms with E-state index < -0.39 is 6.10 Å². The van der Waals surface area contributed by atoms with Crippen LogP contribution in [0.3, 0.4) is 0 Å². The summed E-state index contributed by atoms with van der Waals surface area (Å²) in [6, 6.07) is 9.91. The Labute approximate surface area is 129 Å². The Morgan fingerprint density at radius 1 is 1.10 bits per heavy atom. The van der Waals surface area contributed by atoms with E-state index in [1.165, 1.54) is 0 Å². The van der Waals surface area contributed by atoms with Crippen molar-refractivity contribution in [2.45, 2.75) is 12.6 Å². The second kappa shape index (κ2) is 7.13. The molecule has 0 saturated carbocycles. The summed E-state index contributed by atoms with van der Waals surface area (Å²) in [4.78, 5) is 9.11. The summed E-state index contributed by atoms with van der Waals surface area (Å²) in [5, 5.41) is 12.4. The Hall–Kier alpha value is -1.27. The molecule has 1 atom stereocenters. The van der Waals surface area contributed by atoms with Crippen LogP contribution in [0.5, 0.6) is 0 Å². The van der Waals surface area contributed by atoms with Crippen LogP contribution in [0.2, 0.25) is 0 Å². The number of benzene rings is 1. The van der Waals surface area contributed by atoms with Gasteiger partial charge in [-0.15, -0.1) is 11.3 Å². The van der Waals surface area contributed by atoms with Crippen molar-refractivity contribution in [2.24, 2.45) is 0 Å². The van der Waals surface area contributed by atoms with E-state index in [2.05, 4.69) is 20.2 Å². The van der Waals surface area contributed by atoms with E-state index in [4.69, 9.17) is 0 Å². The molecule has 112 valence electrons. The van der Waals surface area contributed by atoms with Gasteiger partial charge in [-0.05, 0) is 5.56 Å². The van der Waals surface area contributed by atoms with Gasteiger partial charge in [0, 0.05) is 44.6 Å². The molecule has 0 radical (unpaired) electrons. The molecule has 1 fully saturated rings. The molecule has 4 nitrogen and oxygen atoms in total. The Kier molecular flexibility index (Phi) is 4.98. The molecule has 1 N–H and O–H groups in total. The van der Waals surface area contributed by atoms with Crippen LogP contribution in [0.25, 0.3) is 0 Å². The highest BCUT2D eigenvalue weighted by molar-refractivity contribution is 7.07. The number of thiazole rings is 1. The van der Waals surface area contributed by atoms with E-state index in [0.29, 0.717) is 6.54 Å². The molecule has 1 aromatic heterocycles. The number of piperazine rings is 1. The van der Waals surface area contributed by atoms with E-state index in [-0.39, 0.29) is 0 Å². The van der Waals surface area contributed by atoms with Crippen molar-refractivity contribution >= 4 is 11.3 Å². The van der Waals surface area contributed by atoms with E-state index >= 15 is 0 Å². The number of nitrogens with zero attached hydrogens (tertiary/aromatic N) is 3. The molecule has 0 spiro atoms. The van der Waals surface area contributed by atoms with Gasteiger partial charge in [-0.2, -0.15) is 0 Å². The van der Waals surface area contributed by atoms with Crippen LogP contribution >= 0.6 is 11.3 Å². The lowest BCUT2D eigenvalue weighted by atomic mass is 10.1. The average molecular weight is 303 g/mol. The van der Waals surface area contributed by atoms with Crippen molar-refractivity contribution < 1.29 is 5.11 Å². The lowest BCUT2D eigenvalue weighted by Crippen LogP contribution is -2.47. The number of aliphatic hydroxyl groups is 1. The molecule has 21 heavy (non-hydrogen) atoms. The average Bonchev–Trinajstić information content (AvgIpc) is 3.03. The molecule has 1 aromatic carbocycles. The molecular weight excluding hydrogens is 282 g/mol. The number of aliphatic hydroxyl groups excluding tert-OH is 1. The molecule has 2 aromatic rings. The highest BCUT2D eigenvalue weighted by Crippen LogP contribution is 2.15. The minimum absolute atomic E-state index is 0.392. The summed E-state index contributed by atoms with van der Waals surface area (Å²) in [5.41, 5.74) is 4.06. The Morgan fingerprint density at radius 3 is 2.48 bits per heavy atom. The van der Waals surface area contributed by atoms with Crippen LogP contribution in [-0.2, 0) is 6.54 Å². The van der Waals surface area contributed by atoms with Crippen molar-refractivity contribution in [1.82, 2.24) is 14.8 Å². The van der Waals surface area contributed by atoms with Gasteiger partial charge in [-0.3, -0.25) is 9.80 Å². The predicted octanol–water partition coefficient (Wildman–Crippen LogP) is 1.99. The van der Waals surface area contributed by atoms with Gasteiger partial charge in [-0.1, -0.05) is 30.3 Å². The summed E-state index contributed by atoms with van der Waals surface area (Å²) in [5.74, 6) is 0. The van der Waals surface area contributed by atoms with Crippen molar-refractivity contribution in [2.75, 3.05) is 32.7 Å². The number of rotatable bonds is 5. The van der Waals surface area contributed by atoms with Crippen molar-refractivity contribution in [3.8, 4) is 0 Å². The Balaban J connectivity index is 1.45.